The third kappa shape index (κ3) is 4.75. The van der Waals surface area contributed by atoms with Crippen molar-refractivity contribution in [1.82, 2.24) is 10.6 Å². The number of hydrogen-bond acceptors (Lipinski definition) is 3. The minimum atomic E-state index is 0.234. The number of hydrogen-bond donors (Lipinski definition) is 2. The van der Waals surface area contributed by atoms with Crippen molar-refractivity contribution in [3.63, 3.8) is 0 Å². The zero-order chi connectivity index (χ0) is 18.7. The molecular weight excluding hydrogens is 338 g/mol. The number of aryl methyl sites for hydroxylation is 1. The number of aliphatic imine (C=N–C) groups is 1. The number of rotatable bonds is 8. The summed E-state index contributed by atoms with van der Waals surface area (Å²) >= 11 is 0. The lowest BCUT2D eigenvalue weighted by molar-refractivity contribution is 0.0676. The molecule has 0 radical (unpaired) electrons. The van der Waals surface area contributed by atoms with Crippen LogP contribution in [0.25, 0.3) is 0 Å². The molecule has 1 aromatic rings. The van der Waals surface area contributed by atoms with Crippen LogP contribution in [0.3, 0.4) is 0 Å². The third-order valence-corrected chi connectivity index (χ3v) is 6.28. The second kappa shape index (κ2) is 8.09. The first-order chi connectivity index (χ1) is 13.2. The number of benzene rings is 1. The molecular formula is C22H33N3O2. The van der Waals surface area contributed by atoms with E-state index in [-0.39, 0.29) is 6.10 Å². The van der Waals surface area contributed by atoms with Crippen LogP contribution in [-0.2, 0) is 11.3 Å². The molecule has 2 aliphatic carbocycles. The summed E-state index contributed by atoms with van der Waals surface area (Å²) in [4.78, 5) is 4.40. The number of nitrogens with one attached hydrogen (secondary N) is 2. The van der Waals surface area contributed by atoms with E-state index in [9.17, 15) is 0 Å². The average molecular weight is 372 g/mol. The molecule has 3 fully saturated rings. The molecule has 148 valence electrons. The van der Waals surface area contributed by atoms with Gasteiger partial charge in [-0.3, -0.25) is 4.99 Å². The Hall–Kier alpha value is -1.75. The highest BCUT2D eigenvalue weighted by Gasteiger charge is 2.53. The van der Waals surface area contributed by atoms with E-state index in [0.29, 0.717) is 18.6 Å². The molecule has 2 saturated carbocycles. The average Bonchev–Trinajstić information content (AvgIpc) is 3.60. The maximum absolute atomic E-state index is 6.11. The molecule has 2 N–H and O–H groups in total. The van der Waals surface area contributed by atoms with E-state index in [4.69, 9.17) is 9.47 Å². The molecule has 27 heavy (non-hydrogen) atoms. The third-order valence-electron chi connectivity index (χ3n) is 6.28. The molecule has 3 aliphatic rings. The zero-order valence-corrected chi connectivity index (χ0v) is 16.7. The Bertz CT molecular complexity index is 674. The summed E-state index contributed by atoms with van der Waals surface area (Å²) in [5.74, 6) is 2.79. The van der Waals surface area contributed by atoms with Gasteiger partial charge in [-0.15, -0.1) is 0 Å². The van der Waals surface area contributed by atoms with E-state index in [1.165, 1.54) is 31.2 Å². The van der Waals surface area contributed by atoms with Crippen LogP contribution in [0.1, 0.15) is 49.7 Å². The smallest absolute Gasteiger partial charge is 0.191 e. The predicted octanol–water partition coefficient (Wildman–Crippen LogP) is 3.41. The van der Waals surface area contributed by atoms with Crippen molar-refractivity contribution in [2.75, 3.05) is 26.8 Å². The molecule has 4 rings (SSSR count). The van der Waals surface area contributed by atoms with Crippen molar-refractivity contribution >= 4 is 5.96 Å². The van der Waals surface area contributed by atoms with Crippen LogP contribution in [0.4, 0.5) is 0 Å². The van der Waals surface area contributed by atoms with Gasteiger partial charge in [-0.1, -0.05) is 12.1 Å². The van der Waals surface area contributed by atoms with Gasteiger partial charge in [-0.2, -0.15) is 0 Å². The lowest BCUT2D eigenvalue weighted by Gasteiger charge is -2.19. The Balaban J connectivity index is 1.30. The molecule has 0 bridgehead atoms. The molecule has 1 unspecified atom stereocenters. The fourth-order valence-electron chi connectivity index (χ4n) is 4.15. The number of ether oxygens (including phenoxy) is 2. The Kier molecular flexibility index (Phi) is 5.58. The summed E-state index contributed by atoms with van der Waals surface area (Å²) in [7, 11) is 1.84. The van der Waals surface area contributed by atoms with Gasteiger partial charge in [0.2, 0.25) is 0 Å². The monoisotopic (exact) mass is 371 g/mol. The molecule has 5 heteroatoms. The second-order valence-corrected chi connectivity index (χ2v) is 8.47. The molecule has 0 aromatic heterocycles. The summed E-state index contributed by atoms with van der Waals surface area (Å²) in [6.45, 7) is 5.35. The van der Waals surface area contributed by atoms with Crippen LogP contribution in [0.15, 0.2) is 23.2 Å². The lowest BCUT2D eigenvalue weighted by atomic mass is 10.0. The summed E-state index contributed by atoms with van der Waals surface area (Å²) in [5, 5.41) is 7.01. The predicted molar refractivity (Wildman–Crippen MR) is 108 cm³/mol. The van der Waals surface area contributed by atoms with E-state index in [1.54, 1.807) is 0 Å². The zero-order valence-electron chi connectivity index (χ0n) is 16.7. The van der Waals surface area contributed by atoms with Gasteiger partial charge >= 0.3 is 0 Å². The van der Waals surface area contributed by atoms with Crippen LogP contribution in [0, 0.1) is 18.3 Å². The maximum Gasteiger partial charge on any atom is 0.191 e. The normalized spacial score (nSPS) is 23.9. The summed E-state index contributed by atoms with van der Waals surface area (Å²) in [6.07, 6.45) is 8.06. The molecule has 1 aromatic carbocycles. The van der Waals surface area contributed by atoms with E-state index >= 15 is 0 Å². The van der Waals surface area contributed by atoms with Gasteiger partial charge in [0.25, 0.3) is 0 Å². The maximum atomic E-state index is 6.11. The lowest BCUT2D eigenvalue weighted by Crippen LogP contribution is -2.40. The highest BCUT2D eigenvalue weighted by atomic mass is 16.5. The van der Waals surface area contributed by atoms with Crippen LogP contribution in [0.5, 0.6) is 5.75 Å². The summed E-state index contributed by atoms with van der Waals surface area (Å²) in [5.41, 5.74) is 2.94. The molecule has 1 aliphatic heterocycles. The molecule has 0 amide bonds. The molecule has 0 spiro atoms. The van der Waals surface area contributed by atoms with Gasteiger partial charge in [-0.05, 0) is 68.4 Å². The van der Waals surface area contributed by atoms with Crippen LogP contribution in [-0.4, -0.2) is 38.9 Å². The van der Waals surface area contributed by atoms with Crippen molar-refractivity contribution in [3.05, 3.63) is 29.3 Å². The number of nitrogens with zero attached hydrogens (tertiary/aromatic N) is 1. The molecule has 1 saturated heterocycles. The Labute approximate surface area is 162 Å². The van der Waals surface area contributed by atoms with Crippen molar-refractivity contribution in [2.45, 2.75) is 58.1 Å². The summed E-state index contributed by atoms with van der Waals surface area (Å²) < 4.78 is 11.8. The van der Waals surface area contributed by atoms with Crippen LogP contribution >= 0.6 is 0 Å². The van der Waals surface area contributed by atoms with Crippen molar-refractivity contribution in [1.29, 1.82) is 0 Å². The minimum Gasteiger partial charge on any atom is -0.491 e. The van der Waals surface area contributed by atoms with Gasteiger partial charge in [-0.25, -0.2) is 0 Å². The molecule has 5 nitrogen and oxygen atoms in total. The largest absolute Gasteiger partial charge is 0.491 e. The van der Waals surface area contributed by atoms with Crippen LogP contribution < -0.4 is 15.4 Å². The summed E-state index contributed by atoms with van der Waals surface area (Å²) in [6, 6.07) is 6.40. The topological polar surface area (TPSA) is 54.9 Å². The van der Waals surface area contributed by atoms with E-state index in [1.807, 2.05) is 7.05 Å². The first-order valence-electron chi connectivity index (χ1n) is 10.5. The van der Waals surface area contributed by atoms with Gasteiger partial charge in [0.05, 0.1) is 6.10 Å². The Morgan fingerprint density at radius 3 is 2.78 bits per heavy atom. The minimum absolute atomic E-state index is 0.234. The Morgan fingerprint density at radius 2 is 2.11 bits per heavy atom. The van der Waals surface area contributed by atoms with E-state index in [2.05, 4.69) is 40.7 Å². The quantitative estimate of drug-likeness (QED) is 0.543. The highest BCUT2D eigenvalue weighted by Crippen LogP contribution is 2.60. The highest BCUT2D eigenvalue weighted by molar-refractivity contribution is 5.79. The van der Waals surface area contributed by atoms with Gasteiger partial charge < -0.3 is 20.1 Å². The first kappa shape index (κ1) is 18.6. The van der Waals surface area contributed by atoms with Gasteiger partial charge in [0.15, 0.2) is 5.96 Å². The Morgan fingerprint density at radius 1 is 1.26 bits per heavy atom. The first-order valence-corrected chi connectivity index (χ1v) is 10.5. The molecule has 1 heterocycles. The van der Waals surface area contributed by atoms with Crippen molar-refractivity contribution in [3.8, 4) is 5.75 Å². The van der Waals surface area contributed by atoms with Gasteiger partial charge in [0.1, 0.15) is 12.4 Å². The second-order valence-electron chi connectivity index (χ2n) is 8.47. The van der Waals surface area contributed by atoms with Gasteiger partial charge in [0, 0.05) is 32.3 Å². The fraction of sp³-hybridized carbons (Fsp3) is 0.682. The van der Waals surface area contributed by atoms with Crippen molar-refractivity contribution in [2.24, 2.45) is 16.3 Å². The van der Waals surface area contributed by atoms with Crippen molar-refractivity contribution < 1.29 is 9.47 Å². The van der Waals surface area contributed by atoms with E-state index < -0.39 is 0 Å². The number of guanidine groups is 1. The molecule has 1 atom stereocenters. The fourth-order valence-corrected chi connectivity index (χ4v) is 4.15. The van der Waals surface area contributed by atoms with E-state index in [0.717, 1.165) is 49.2 Å². The SMILES string of the molecule is CN=C(NCc1ccc(C)cc1OCC1CCCO1)NCC1(C2CC2)CC1. The van der Waals surface area contributed by atoms with Crippen LogP contribution in [0.2, 0.25) is 0 Å². The standard InChI is InChI=1S/C22H33N3O2/c1-16-5-6-17(20(12-16)27-14-19-4-3-11-26-19)13-24-21(23-2)25-15-22(9-10-22)18-7-8-18/h5-6,12,18-19H,3-4,7-11,13-15H2,1-2H3,(H2,23,24,25).